The summed E-state index contributed by atoms with van der Waals surface area (Å²) in [5, 5.41) is 4.05. The monoisotopic (exact) mass is 267 g/mol. The smallest absolute Gasteiger partial charge is 0.0782 e. The summed E-state index contributed by atoms with van der Waals surface area (Å²) in [7, 11) is 0. The Kier molecular flexibility index (Phi) is 3.27. The molecule has 0 bridgehead atoms. The summed E-state index contributed by atoms with van der Waals surface area (Å²) in [6.07, 6.45) is 1.09. The zero-order chi connectivity index (χ0) is 7.84. The van der Waals surface area contributed by atoms with E-state index in [0.717, 1.165) is 28.1 Å². The second-order valence-electron chi connectivity index (χ2n) is 2.57. The van der Waals surface area contributed by atoms with Crippen molar-refractivity contribution < 1.29 is 0 Å². The van der Waals surface area contributed by atoms with Crippen molar-refractivity contribution in [2.45, 2.75) is 6.42 Å². The van der Waals surface area contributed by atoms with Gasteiger partial charge in [0.15, 0.2) is 0 Å². The first-order valence-electron chi connectivity index (χ1n) is 3.50. The van der Waals surface area contributed by atoms with Crippen LogP contribution < -0.4 is 5.32 Å². The number of halogens is 3. The molecule has 0 aromatic heterocycles. The number of hydrogen-bond donors (Lipinski definition) is 1. The van der Waals surface area contributed by atoms with Crippen molar-refractivity contribution in [2.75, 3.05) is 11.9 Å². The first-order chi connectivity index (χ1) is 5.29. The summed E-state index contributed by atoms with van der Waals surface area (Å²) in [6, 6.07) is 4.10. The number of benzene rings is 1. The van der Waals surface area contributed by atoms with Gasteiger partial charge in [-0.15, -0.1) is 12.4 Å². The normalized spacial score (nSPS) is 13.2. The SMILES string of the molecule is Cl.Clc1c(Br)ccc2c1NCC2. The average Bonchev–Trinajstić information content (AvgIpc) is 2.45. The average molecular weight is 269 g/mol. The molecular weight excluding hydrogens is 261 g/mol. The van der Waals surface area contributed by atoms with Crippen LogP contribution in [0.3, 0.4) is 0 Å². The van der Waals surface area contributed by atoms with Crippen molar-refractivity contribution in [2.24, 2.45) is 0 Å². The molecule has 1 aliphatic rings. The van der Waals surface area contributed by atoms with E-state index >= 15 is 0 Å². The molecule has 0 saturated carbocycles. The minimum absolute atomic E-state index is 0. The topological polar surface area (TPSA) is 12.0 Å². The van der Waals surface area contributed by atoms with Crippen molar-refractivity contribution in [1.29, 1.82) is 0 Å². The van der Waals surface area contributed by atoms with E-state index in [-0.39, 0.29) is 12.4 Å². The zero-order valence-corrected chi connectivity index (χ0v) is 9.39. The van der Waals surface area contributed by atoms with Crippen LogP contribution in [0.1, 0.15) is 5.56 Å². The van der Waals surface area contributed by atoms with Crippen molar-refractivity contribution in [3.63, 3.8) is 0 Å². The molecule has 1 heterocycles. The van der Waals surface area contributed by atoms with E-state index in [9.17, 15) is 0 Å². The Labute approximate surface area is 91.0 Å². The molecule has 66 valence electrons. The van der Waals surface area contributed by atoms with Crippen molar-refractivity contribution in [1.82, 2.24) is 0 Å². The van der Waals surface area contributed by atoms with Crippen LogP contribution in [-0.4, -0.2) is 6.54 Å². The lowest BCUT2D eigenvalue weighted by molar-refractivity contribution is 1.11. The van der Waals surface area contributed by atoms with E-state index in [1.54, 1.807) is 0 Å². The van der Waals surface area contributed by atoms with Crippen LogP contribution in [0.2, 0.25) is 5.02 Å². The van der Waals surface area contributed by atoms with Gasteiger partial charge in [-0.1, -0.05) is 17.7 Å². The van der Waals surface area contributed by atoms with Crippen LogP contribution in [-0.2, 0) is 6.42 Å². The van der Waals surface area contributed by atoms with Crippen LogP contribution in [0.15, 0.2) is 16.6 Å². The fraction of sp³-hybridized carbons (Fsp3) is 0.250. The van der Waals surface area contributed by atoms with Crippen LogP contribution in [0.4, 0.5) is 5.69 Å². The Balaban J connectivity index is 0.000000720. The molecule has 1 aromatic carbocycles. The second kappa shape index (κ2) is 3.86. The third-order valence-corrected chi connectivity index (χ3v) is 3.16. The van der Waals surface area contributed by atoms with Gasteiger partial charge in [-0.3, -0.25) is 0 Å². The Morgan fingerprint density at radius 3 is 2.92 bits per heavy atom. The quantitative estimate of drug-likeness (QED) is 0.760. The maximum absolute atomic E-state index is 6.03. The first kappa shape index (κ1) is 10.2. The van der Waals surface area contributed by atoms with Gasteiger partial charge in [0.25, 0.3) is 0 Å². The minimum atomic E-state index is 0. The summed E-state index contributed by atoms with van der Waals surface area (Å²) in [5.41, 5.74) is 2.42. The molecule has 0 radical (unpaired) electrons. The number of nitrogens with one attached hydrogen (secondary N) is 1. The maximum atomic E-state index is 6.03. The predicted molar refractivity (Wildman–Crippen MR) is 58.6 cm³/mol. The molecule has 0 fully saturated rings. The highest BCUT2D eigenvalue weighted by Gasteiger charge is 2.14. The summed E-state index contributed by atoms with van der Waals surface area (Å²) >= 11 is 9.41. The van der Waals surface area contributed by atoms with Crippen LogP contribution in [0.25, 0.3) is 0 Å². The molecule has 2 rings (SSSR count). The van der Waals surface area contributed by atoms with Gasteiger partial charge in [0.1, 0.15) is 0 Å². The van der Waals surface area contributed by atoms with E-state index in [0.29, 0.717) is 0 Å². The molecule has 0 unspecified atom stereocenters. The number of hydrogen-bond acceptors (Lipinski definition) is 1. The van der Waals surface area contributed by atoms with Crippen LogP contribution >= 0.6 is 39.9 Å². The summed E-state index contributed by atoms with van der Waals surface area (Å²) in [4.78, 5) is 0. The minimum Gasteiger partial charge on any atom is -0.383 e. The van der Waals surface area contributed by atoms with Gasteiger partial charge in [0.05, 0.1) is 10.7 Å². The molecule has 1 nitrogen and oxygen atoms in total. The van der Waals surface area contributed by atoms with E-state index in [1.165, 1.54) is 5.56 Å². The predicted octanol–water partition coefficient (Wildman–Crippen LogP) is 3.49. The van der Waals surface area contributed by atoms with Crippen molar-refractivity contribution in [3.8, 4) is 0 Å². The standard InChI is InChI=1S/C8H7BrClN.ClH/c9-6-2-1-5-3-4-11-8(5)7(6)10;/h1-2,11H,3-4H2;1H. The van der Waals surface area contributed by atoms with Gasteiger partial charge in [-0.05, 0) is 34.0 Å². The number of fused-ring (bicyclic) bond motifs is 1. The highest BCUT2D eigenvalue weighted by molar-refractivity contribution is 9.10. The van der Waals surface area contributed by atoms with Crippen molar-refractivity contribution >= 4 is 45.6 Å². The van der Waals surface area contributed by atoms with E-state index in [4.69, 9.17) is 11.6 Å². The zero-order valence-electron chi connectivity index (χ0n) is 6.23. The molecule has 0 atom stereocenters. The fourth-order valence-electron chi connectivity index (χ4n) is 1.31. The van der Waals surface area contributed by atoms with Crippen LogP contribution in [0, 0.1) is 0 Å². The van der Waals surface area contributed by atoms with Crippen molar-refractivity contribution in [3.05, 3.63) is 27.2 Å². The first-order valence-corrected chi connectivity index (χ1v) is 4.67. The van der Waals surface area contributed by atoms with E-state index in [2.05, 4.69) is 27.3 Å². The van der Waals surface area contributed by atoms with Gasteiger partial charge in [-0.2, -0.15) is 0 Å². The molecule has 4 heteroatoms. The molecule has 1 N–H and O–H groups in total. The van der Waals surface area contributed by atoms with E-state index < -0.39 is 0 Å². The molecular formula is C8H8BrCl2N. The fourth-order valence-corrected chi connectivity index (χ4v) is 1.89. The highest BCUT2D eigenvalue weighted by Crippen LogP contribution is 2.35. The third-order valence-electron chi connectivity index (χ3n) is 1.88. The molecule has 1 aromatic rings. The molecule has 0 spiro atoms. The third kappa shape index (κ3) is 1.56. The van der Waals surface area contributed by atoms with Gasteiger partial charge < -0.3 is 5.32 Å². The lowest BCUT2D eigenvalue weighted by atomic mass is 10.2. The summed E-state index contributed by atoms with van der Waals surface area (Å²) < 4.78 is 0.965. The highest BCUT2D eigenvalue weighted by atomic mass is 79.9. The lowest BCUT2D eigenvalue weighted by Crippen LogP contribution is -1.91. The van der Waals surface area contributed by atoms with Gasteiger partial charge in [0.2, 0.25) is 0 Å². The Morgan fingerprint density at radius 1 is 1.42 bits per heavy atom. The maximum Gasteiger partial charge on any atom is 0.0782 e. The molecule has 1 aliphatic heterocycles. The molecule has 0 aliphatic carbocycles. The number of anilines is 1. The van der Waals surface area contributed by atoms with Gasteiger partial charge >= 0.3 is 0 Å². The largest absolute Gasteiger partial charge is 0.383 e. The lowest BCUT2D eigenvalue weighted by Gasteiger charge is -2.03. The van der Waals surface area contributed by atoms with E-state index in [1.807, 2.05) is 6.07 Å². The molecule has 0 amide bonds. The van der Waals surface area contributed by atoms with Gasteiger partial charge in [0, 0.05) is 11.0 Å². The molecule has 0 saturated heterocycles. The number of rotatable bonds is 0. The van der Waals surface area contributed by atoms with Gasteiger partial charge in [-0.25, -0.2) is 0 Å². The Bertz CT molecular complexity index is 301. The summed E-state index contributed by atoms with van der Waals surface area (Å²) in [6.45, 7) is 1.01. The summed E-state index contributed by atoms with van der Waals surface area (Å²) in [5.74, 6) is 0. The Hall–Kier alpha value is 0.0800. The second-order valence-corrected chi connectivity index (χ2v) is 3.80. The Morgan fingerprint density at radius 2 is 2.17 bits per heavy atom. The molecule has 12 heavy (non-hydrogen) atoms. The van der Waals surface area contributed by atoms with Crippen LogP contribution in [0.5, 0.6) is 0 Å².